The van der Waals surface area contributed by atoms with Gasteiger partial charge in [-0.15, -0.1) is 0 Å². The number of nitrogens with zero attached hydrogens (tertiary/aromatic N) is 1. The molecular weight excluding hydrogens is 393 g/mol. The van der Waals surface area contributed by atoms with Gasteiger partial charge in [-0.3, -0.25) is 14.5 Å². The molecule has 150 valence electrons. The molecule has 30 heavy (non-hydrogen) atoms. The van der Waals surface area contributed by atoms with Gasteiger partial charge in [-0.2, -0.15) is 0 Å². The minimum Gasteiger partial charge on any atom is -0.507 e. The Labute approximate surface area is 169 Å². The second kappa shape index (κ2) is 6.77. The van der Waals surface area contributed by atoms with Crippen LogP contribution in [-0.4, -0.2) is 23.6 Å². The summed E-state index contributed by atoms with van der Waals surface area (Å²) in [5.41, 5.74) is 0.428. The third-order valence-electron chi connectivity index (χ3n) is 5.01. The number of carbonyl (C=O) groups is 2. The molecule has 1 saturated heterocycles. The summed E-state index contributed by atoms with van der Waals surface area (Å²) in [7, 11) is 0. The van der Waals surface area contributed by atoms with Gasteiger partial charge in [-0.1, -0.05) is 0 Å². The van der Waals surface area contributed by atoms with Gasteiger partial charge in [-0.05, 0) is 48.5 Å². The van der Waals surface area contributed by atoms with Crippen molar-refractivity contribution in [3.63, 3.8) is 0 Å². The Morgan fingerprint density at radius 3 is 2.53 bits per heavy atom. The van der Waals surface area contributed by atoms with Gasteiger partial charge in [-0.25, -0.2) is 4.39 Å². The second-order valence-electron chi connectivity index (χ2n) is 6.73. The summed E-state index contributed by atoms with van der Waals surface area (Å²) in [5, 5.41) is 10.9. The zero-order valence-corrected chi connectivity index (χ0v) is 15.4. The standard InChI is InChI=1S/C22H14FNO6/c23-13-5-3-12(4-6-13)20(25)18-19(16-2-1-9-28-16)24(22(27)21(18)26)14-7-8-15-17(10-14)30-11-29-15/h1-10,19,25H,11H2/b20-18-. The molecule has 1 amide bonds. The zero-order chi connectivity index (χ0) is 20.8. The minimum absolute atomic E-state index is 0.0593. The van der Waals surface area contributed by atoms with Crippen molar-refractivity contribution in [1.29, 1.82) is 0 Å². The molecule has 1 atom stereocenters. The Morgan fingerprint density at radius 1 is 1.03 bits per heavy atom. The molecule has 5 rings (SSSR count). The SMILES string of the molecule is O=C1C(=O)N(c2ccc3c(c2)OCO3)C(c2ccco2)/C1=C(/O)c1ccc(F)cc1. The number of halogens is 1. The van der Waals surface area contributed by atoms with Gasteiger partial charge < -0.3 is 19.0 Å². The molecule has 0 bridgehead atoms. The van der Waals surface area contributed by atoms with Crippen LogP contribution in [0.1, 0.15) is 17.4 Å². The molecule has 7 nitrogen and oxygen atoms in total. The third kappa shape index (κ3) is 2.73. The van der Waals surface area contributed by atoms with Gasteiger partial charge in [0.25, 0.3) is 11.7 Å². The number of ether oxygens (including phenoxy) is 2. The van der Waals surface area contributed by atoms with Crippen molar-refractivity contribution in [2.75, 3.05) is 11.7 Å². The maximum absolute atomic E-state index is 13.3. The van der Waals surface area contributed by atoms with Gasteiger partial charge >= 0.3 is 0 Å². The number of amides is 1. The lowest BCUT2D eigenvalue weighted by atomic mass is 9.99. The quantitative estimate of drug-likeness (QED) is 0.404. The number of ketones is 1. The molecule has 3 heterocycles. The van der Waals surface area contributed by atoms with Gasteiger partial charge in [0.05, 0.1) is 11.8 Å². The van der Waals surface area contributed by atoms with Crippen LogP contribution in [0, 0.1) is 5.82 Å². The molecule has 0 radical (unpaired) electrons. The van der Waals surface area contributed by atoms with Gasteiger partial charge in [0.1, 0.15) is 23.4 Å². The van der Waals surface area contributed by atoms with E-state index in [1.165, 1.54) is 23.3 Å². The number of Topliss-reactive ketones (excluding diaryl/α,β-unsaturated/α-hetero) is 1. The number of carbonyl (C=O) groups excluding carboxylic acids is 2. The van der Waals surface area contributed by atoms with E-state index >= 15 is 0 Å². The van der Waals surface area contributed by atoms with Crippen molar-refractivity contribution in [2.45, 2.75) is 6.04 Å². The topological polar surface area (TPSA) is 89.2 Å². The van der Waals surface area contributed by atoms with E-state index in [1.54, 1.807) is 30.3 Å². The van der Waals surface area contributed by atoms with Crippen LogP contribution in [0.15, 0.2) is 70.9 Å². The molecule has 2 aromatic carbocycles. The second-order valence-corrected chi connectivity index (χ2v) is 6.73. The third-order valence-corrected chi connectivity index (χ3v) is 5.01. The molecule has 1 aromatic heterocycles. The van der Waals surface area contributed by atoms with Crippen molar-refractivity contribution in [3.8, 4) is 11.5 Å². The van der Waals surface area contributed by atoms with E-state index in [9.17, 15) is 19.1 Å². The van der Waals surface area contributed by atoms with Crippen LogP contribution in [0.2, 0.25) is 0 Å². The summed E-state index contributed by atoms with van der Waals surface area (Å²) in [6.07, 6.45) is 1.41. The minimum atomic E-state index is -1.01. The number of benzene rings is 2. The van der Waals surface area contributed by atoms with E-state index in [4.69, 9.17) is 13.9 Å². The Balaban J connectivity index is 1.68. The molecule has 1 N–H and O–H groups in total. The molecule has 8 heteroatoms. The molecule has 0 saturated carbocycles. The number of aliphatic hydroxyl groups is 1. The first kappa shape index (κ1) is 18.0. The average molecular weight is 407 g/mol. The predicted molar refractivity (Wildman–Crippen MR) is 102 cm³/mol. The first-order valence-corrected chi connectivity index (χ1v) is 9.04. The Bertz CT molecular complexity index is 1180. The Morgan fingerprint density at radius 2 is 1.80 bits per heavy atom. The fourth-order valence-corrected chi connectivity index (χ4v) is 3.61. The number of furan rings is 1. The number of aliphatic hydroxyl groups excluding tert-OH is 1. The Hall–Kier alpha value is -4.07. The molecular formula is C22H14FNO6. The fourth-order valence-electron chi connectivity index (χ4n) is 3.61. The summed E-state index contributed by atoms with van der Waals surface area (Å²) >= 11 is 0. The molecule has 2 aliphatic heterocycles. The lowest BCUT2D eigenvalue weighted by molar-refractivity contribution is -0.132. The summed E-state index contributed by atoms with van der Waals surface area (Å²) in [6.45, 7) is 0.0593. The lowest BCUT2D eigenvalue weighted by Crippen LogP contribution is -2.29. The highest BCUT2D eigenvalue weighted by Gasteiger charge is 2.48. The van der Waals surface area contributed by atoms with E-state index in [1.807, 2.05) is 0 Å². The molecule has 3 aromatic rings. The molecule has 2 aliphatic rings. The van der Waals surface area contributed by atoms with E-state index in [2.05, 4.69) is 0 Å². The van der Waals surface area contributed by atoms with Crippen molar-refractivity contribution in [1.82, 2.24) is 0 Å². The number of hydrogen-bond donors (Lipinski definition) is 1. The highest BCUT2D eigenvalue weighted by Crippen LogP contribution is 2.44. The molecule has 0 aliphatic carbocycles. The van der Waals surface area contributed by atoms with E-state index in [0.717, 1.165) is 12.1 Å². The van der Waals surface area contributed by atoms with Gasteiger partial charge in [0.2, 0.25) is 6.79 Å². The Kier molecular flexibility index (Phi) is 4.06. The highest BCUT2D eigenvalue weighted by atomic mass is 19.1. The maximum Gasteiger partial charge on any atom is 0.300 e. The van der Waals surface area contributed by atoms with Gasteiger partial charge in [0, 0.05) is 17.3 Å². The number of hydrogen-bond acceptors (Lipinski definition) is 6. The van der Waals surface area contributed by atoms with Crippen molar-refractivity contribution < 1.29 is 33.0 Å². The van der Waals surface area contributed by atoms with Crippen molar-refractivity contribution >= 4 is 23.1 Å². The van der Waals surface area contributed by atoms with Crippen molar-refractivity contribution in [3.05, 3.63) is 83.6 Å². The van der Waals surface area contributed by atoms with Crippen molar-refractivity contribution in [2.24, 2.45) is 0 Å². The van der Waals surface area contributed by atoms with Crippen LogP contribution in [0.3, 0.4) is 0 Å². The predicted octanol–water partition coefficient (Wildman–Crippen LogP) is 3.77. The monoisotopic (exact) mass is 407 g/mol. The van der Waals surface area contributed by atoms with E-state index in [0.29, 0.717) is 17.2 Å². The molecule has 0 spiro atoms. The highest BCUT2D eigenvalue weighted by molar-refractivity contribution is 6.51. The summed E-state index contributed by atoms with van der Waals surface area (Å²) in [6, 6.07) is 12.0. The fraction of sp³-hybridized carbons (Fsp3) is 0.0909. The van der Waals surface area contributed by atoms with Crippen LogP contribution in [0.25, 0.3) is 5.76 Å². The molecule has 1 unspecified atom stereocenters. The smallest absolute Gasteiger partial charge is 0.300 e. The maximum atomic E-state index is 13.3. The largest absolute Gasteiger partial charge is 0.507 e. The number of rotatable bonds is 3. The van der Waals surface area contributed by atoms with Crippen LogP contribution in [0.5, 0.6) is 11.5 Å². The zero-order valence-electron chi connectivity index (χ0n) is 15.4. The summed E-state index contributed by atoms with van der Waals surface area (Å²) < 4.78 is 29.5. The van der Waals surface area contributed by atoms with Crippen LogP contribution in [0.4, 0.5) is 10.1 Å². The van der Waals surface area contributed by atoms with E-state index < -0.39 is 29.3 Å². The first-order valence-electron chi connectivity index (χ1n) is 9.04. The van der Waals surface area contributed by atoms with Gasteiger partial charge in [0.15, 0.2) is 11.5 Å². The summed E-state index contributed by atoms with van der Waals surface area (Å²) in [5.74, 6) is -1.37. The first-order chi connectivity index (χ1) is 14.5. The molecule has 1 fully saturated rings. The van der Waals surface area contributed by atoms with Crippen LogP contribution in [-0.2, 0) is 9.59 Å². The summed E-state index contributed by atoms with van der Waals surface area (Å²) in [4.78, 5) is 27.1. The van der Waals surface area contributed by atoms with Crippen LogP contribution >= 0.6 is 0 Å². The number of anilines is 1. The van der Waals surface area contributed by atoms with Crippen LogP contribution < -0.4 is 14.4 Å². The lowest BCUT2D eigenvalue weighted by Gasteiger charge is -2.23. The van der Waals surface area contributed by atoms with E-state index in [-0.39, 0.29) is 23.7 Å². The number of fused-ring (bicyclic) bond motifs is 1. The normalized spacial score (nSPS) is 19.5. The average Bonchev–Trinajstić information content (AvgIpc) is 3.48.